The Hall–Kier alpha value is -0.900. The number of carbonyl (C=O) groups excluding carboxylic acids is 2. The highest BCUT2D eigenvalue weighted by molar-refractivity contribution is 5.98. The van der Waals surface area contributed by atoms with E-state index < -0.39 is 0 Å². The van der Waals surface area contributed by atoms with Crippen LogP contribution in [-0.4, -0.2) is 24.5 Å². The molecule has 2 aliphatic rings. The average molecular weight is 197 g/mol. The van der Waals surface area contributed by atoms with Crippen LogP contribution in [0.15, 0.2) is 0 Å². The molecule has 2 heterocycles. The maximum Gasteiger partial charge on any atom is 0.227 e. The van der Waals surface area contributed by atoms with Crippen molar-refractivity contribution in [3.8, 4) is 0 Å². The molecular formula is C10H15NO3. The molecule has 2 fully saturated rings. The average Bonchev–Trinajstić information content (AvgIpc) is 1.99. The van der Waals surface area contributed by atoms with E-state index in [0.717, 1.165) is 12.8 Å². The molecule has 0 aromatic carbocycles. The Labute approximate surface area is 83.0 Å². The minimum atomic E-state index is -0.129. The van der Waals surface area contributed by atoms with E-state index in [1.54, 1.807) is 0 Å². The van der Waals surface area contributed by atoms with Gasteiger partial charge in [-0.1, -0.05) is 0 Å². The topological polar surface area (TPSA) is 55.4 Å². The second kappa shape index (κ2) is 3.35. The first-order chi connectivity index (χ1) is 6.60. The van der Waals surface area contributed by atoms with Crippen LogP contribution in [0.5, 0.6) is 0 Å². The molecule has 0 aromatic heterocycles. The first-order valence-corrected chi connectivity index (χ1v) is 5.04. The van der Waals surface area contributed by atoms with E-state index in [0.29, 0.717) is 19.4 Å². The molecule has 4 nitrogen and oxygen atoms in total. The number of piperidine rings is 1. The molecule has 1 unspecified atom stereocenters. The molecule has 2 rings (SSSR count). The van der Waals surface area contributed by atoms with E-state index in [1.807, 2.05) is 6.92 Å². The van der Waals surface area contributed by atoms with Crippen molar-refractivity contribution in [2.75, 3.05) is 6.61 Å². The zero-order valence-corrected chi connectivity index (χ0v) is 8.34. The molecular weight excluding hydrogens is 182 g/mol. The Balaban J connectivity index is 2.13. The van der Waals surface area contributed by atoms with Gasteiger partial charge in [0.2, 0.25) is 11.8 Å². The summed E-state index contributed by atoms with van der Waals surface area (Å²) < 4.78 is 5.43. The molecule has 1 N–H and O–H groups in total. The quantitative estimate of drug-likeness (QED) is 0.579. The molecule has 2 aliphatic heterocycles. The summed E-state index contributed by atoms with van der Waals surface area (Å²) in [5, 5.41) is 2.35. The first kappa shape index (κ1) is 9.65. The van der Waals surface area contributed by atoms with Crippen molar-refractivity contribution in [3.05, 3.63) is 0 Å². The van der Waals surface area contributed by atoms with Gasteiger partial charge in [-0.25, -0.2) is 0 Å². The summed E-state index contributed by atoms with van der Waals surface area (Å²) in [5.74, 6) is -0.259. The van der Waals surface area contributed by atoms with Gasteiger partial charge in [0.25, 0.3) is 0 Å². The second-order valence-corrected chi connectivity index (χ2v) is 4.46. The molecule has 1 spiro atoms. The summed E-state index contributed by atoms with van der Waals surface area (Å²) in [6.45, 7) is 2.67. The van der Waals surface area contributed by atoms with Crippen molar-refractivity contribution < 1.29 is 14.3 Å². The number of hydrogen-bond acceptors (Lipinski definition) is 3. The monoisotopic (exact) mass is 197 g/mol. The van der Waals surface area contributed by atoms with E-state index in [4.69, 9.17) is 4.74 Å². The van der Waals surface area contributed by atoms with E-state index in [2.05, 4.69) is 5.32 Å². The fourth-order valence-corrected chi connectivity index (χ4v) is 2.56. The van der Waals surface area contributed by atoms with Crippen LogP contribution in [0.25, 0.3) is 0 Å². The summed E-state index contributed by atoms with van der Waals surface area (Å²) in [6, 6.07) is 0. The Morgan fingerprint density at radius 2 is 2.00 bits per heavy atom. The molecule has 1 atom stereocenters. The lowest BCUT2D eigenvalue weighted by atomic mass is 9.71. The van der Waals surface area contributed by atoms with E-state index >= 15 is 0 Å². The van der Waals surface area contributed by atoms with Crippen molar-refractivity contribution in [2.45, 2.75) is 38.7 Å². The van der Waals surface area contributed by atoms with Crippen molar-refractivity contribution in [2.24, 2.45) is 5.41 Å². The summed E-state index contributed by atoms with van der Waals surface area (Å²) >= 11 is 0. The van der Waals surface area contributed by atoms with Crippen molar-refractivity contribution >= 4 is 11.8 Å². The van der Waals surface area contributed by atoms with Crippen LogP contribution in [0.1, 0.15) is 32.6 Å². The van der Waals surface area contributed by atoms with Crippen LogP contribution < -0.4 is 5.32 Å². The van der Waals surface area contributed by atoms with Crippen LogP contribution >= 0.6 is 0 Å². The number of rotatable bonds is 0. The highest BCUT2D eigenvalue weighted by Crippen LogP contribution is 2.41. The highest BCUT2D eigenvalue weighted by Gasteiger charge is 2.42. The van der Waals surface area contributed by atoms with Crippen molar-refractivity contribution in [1.29, 1.82) is 0 Å². The maximum atomic E-state index is 11.3. The van der Waals surface area contributed by atoms with Crippen LogP contribution in [0.3, 0.4) is 0 Å². The van der Waals surface area contributed by atoms with Crippen LogP contribution in [-0.2, 0) is 14.3 Å². The Kier molecular flexibility index (Phi) is 2.31. The molecule has 14 heavy (non-hydrogen) atoms. The SMILES string of the molecule is CC1CC2(CCO1)CC(=O)NC(=O)C2. The molecule has 0 bridgehead atoms. The standard InChI is InChI=1S/C10H15NO3/c1-7-4-10(2-3-14-7)5-8(12)11-9(13)6-10/h7H,2-6H2,1H3,(H,11,12,13). The molecule has 2 saturated heterocycles. The minimum Gasteiger partial charge on any atom is -0.378 e. The Morgan fingerprint density at radius 3 is 2.57 bits per heavy atom. The number of carbonyl (C=O) groups is 2. The third-order valence-electron chi connectivity index (χ3n) is 3.11. The molecule has 2 amide bonds. The zero-order valence-electron chi connectivity index (χ0n) is 8.34. The molecule has 0 radical (unpaired) electrons. The van der Waals surface area contributed by atoms with E-state index in [-0.39, 0.29) is 23.3 Å². The first-order valence-electron chi connectivity index (χ1n) is 5.04. The fraction of sp³-hybridized carbons (Fsp3) is 0.800. The van der Waals surface area contributed by atoms with Gasteiger partial charge in [-0.3, -0.25) is 14.9 Å². The Bertz CT molecular complexity index is 259. The predicted molar refractivity (Wildman–Crippen MR) is 49.5 cm³/mol. The molecule has 78 valence electrons. The zero-order chi connectivity index (χ0) is 10.2. The summed E-state index contributed by atoms with van der Waals surface area (Å²) in [5.41, 5.74) is -0.114. The Morgan fingerprint density at radius 1 is 1.36 bits per heavy atom. The number of amides is 2. The molecule has 0 aromatic rings. The van der Waals surface area contributed by atoms with Crippen LogP contribution in [0.2, 0.25) is 0 Å². The van der Waals surface area contributed by atoms with Gasteiger partial charge >= 0.3 is 0 Å². The van der Waals surface area contributed by atoms with Gasteiger partial charge in [0.1, 0.15) is 0 Å². The third-order valence-corrected chi connectivity index (χ3v) is 3.11. The van der Waals surface area contributed by atoms with Crippen molar-refractivity contribution in [1.82, 2.24) is 5.32 Å². The van der Waals surface area contributed by atoms with Gasteiger partial charge in [-0.2, -0.15) is 0 Å². The normalized spacial score (nSPS) is 31.6. The van der Waals surface area contributed by atoms with Gasteiger partial charge in [0, 0.05) is 19.4 Å². The lowest BCUT2D eigenvalue weighted by molar-refractivity contribution is -0.143. The summed E-state index contributed by atoms with van der Waals surface area (Å²) in [6.07, 6.45) is 2.78. The summed E-state index contributed by atoms with van der Waals surface area (Å²) in [4.78, 5) is 22.6. The lowest BCUT2D eigenvalue weighted by Crippen LogP contribution is -2.48. The maximum absolute atomic E-state index is 11.3. The van der Waals surface area contributed by atoms with Crippen molar-refractivity contribution in [3.63, 3.8) is 0 Å². The largest absolute Gasteiger partial charge is 0.378 e. The molecule has 4 heteroatoms. The van der Waals surface area contributed by atoms with Crippen LogP contribution in [0.4, 0.5) is 0 Å². The predicted octanol–water partition coefficient (Wildman–Crippen LogP) is 0.608. The smallest absolute Gasteiger partial charge is 0.227 e. The second-order valence-electron chi connectivity index (χ2n) is 4.46. The number of hydrogen-bond donors (Lipinski definition) is 1. The molecule has 0 saturated carbocycles. The molecule has 0 aliphatic carbocycles. The van der Waals surface area contributed by atoms with Gasteiger partial charge in [0.15, 0.2) is 0 Å². The third kappa shape index (κ3) is 1.80. The number of nitrogens with one attached hydrogen (secondary N) is 1. The van der Waals surface area contributed by atoms with Gasteiger partial charge in [-0.05, 0) is 25.2 Å². The van der Waals surface area contributed by atoms with Gasteiger partial charge in [-0.15, -0.1) is 0 Å². The van der Waals surface area contributed by atoms with E-state index in [1.165, 1.54) is 0 Å². The van der Waals surface area contributed by atoms with Gasteiger partial charge < -0.3 is 4.74 Å². The number of ether oxygens (including phenoxy) is 1. The van der Waals surface area contributed by atoms with Crippen LogP contribution in [0, 0.1) is 5.41 Å². The van der Waals surface area contributed by atoms with E-state index in [9.17, 15) is 9.59 Å². The highest BCUT2D eigenvalue weighted by atomic mass is 16.5. The van der Waals surface area contributed by atoms with Gasteiger partial charge in [0.05, 0.1) is 6.10 Å². The summed E-state index contributed by atoms with van der Waals surface area (Å²) in [7, 11) is 0. The fourth-order valence-electron chi connectivity index (χ4n) is 2.56. The minimum absolute atomic E-state index is 0.114. The lowest BCUT2D eigenvalue weighted by Gasteiger charge is -2.41. The number of imide groups is 1.